The largest absolute Gasteiger partial charge is 0.369 e. The van der Waals surface area contributed by atoms with E-state index in [1.54, 1.807) is 24.3 Å². The SMILES string of the molecule is CC(C)(OCC(c1ccc(Cl)c(-c2ncnn2C(F)F)c1)N1C(=O)C(c2ccc(Br)cc2)N=C1N)C(F)F. The number of benzene rings is 2. The third-order valence-corrected chi connectivity index (χ3v) is 6.85. The summed E-state index contributed by atoms with van der Waals surface area (Å²) in [5, 5.41) is 3.61. The first kappa shape index (κ1) is 28.0. The van der Waals surface area contributed by atoms with Crippen molar-refractivity contribution in [2.75, 3.05) is 6.61 Å². The molecule has 3 aromatic rings. The minimum Gasteiger partial charge on any atom is -0.369 e. The van der Waals surface area contributed by atoms with Crippen molar-refractivity contribution < 1.29 is 27.1 Å². The van der Waals surface area contributed by atoms with Gasteiger partial charge in [0.2, 0.25) is 0 Å². The number of amides is 1. The highest BCUT2D eigenvalue weighted by molar-refractivity contribution is 9.10. The number of aliphatic imine (C=N–C) groups is 1. The van der Waals surface area contributed by atoms with E-state index in [-0.39, 0.29) is 22.4 Å². The van der Waals surface area contributed by atoms with E-state index in [9.17, 15) is 22.4 Å². The van der Waals surface area contributed by atoms with Crippen LogP contribution in [0.2, 0.25) is 5.02 Å². The monoisotopic (exact) mass is 616 g/mol. The number of rotatable bonds is 9. The Balaban J connectivity index is 1.76. The fourth-order valence-electron chi connectivity index (χ4n) is 3.85. The summed E-state index contributed by atoms with van der Waals surface area (Å²) in [6.07, 6.45) is -1.88. The Labute approximate surface area is 228 Å². The quantitative estimate of drug-likeness (QED) is 0.308. The highest BCUT2D eigenvalue weighted by Gasteiger charge is 2.41. The lowest BCUT2D eigenvalue weighted by Gasteiger charge is -2.32. The summed E-state index contributed by atoms with van der Waals surface area (Å²) in [6.45, 7) is -0.982. The van der Waals surface area contributed by atoms with E-state index < -0.39 is 43.2 Å². The Bertz CT molecular complexity index is 1350. The maximum Gasteiger partial charge on any atom is 0.335 e. The minimum absolute atomic E-state index is 0.0818. The molecule has 2 N–H and O–H groups in total. The van der Waals surface area contributed by atoms with Gasteiger partial charge in [-0.2, -0.15) is 18.6 Å². The van der Waals surface area contributed by atoms with Crippen LogP contribution in [0, 0.1) is 0 Å². The van der Waals surface area contributed by atoms with E-state index >= 15 is 0 Å². The third-order valence-electron chi connectivity index (χ3n) is 5.99. The second-order valence-corrected chi connectivity index (χ2v) is 10.2. The smallest absolute Gasteiger partial charge is 0.335 e. The number of nitrogens with zero attached hydrogens (tertiary/aromatic N) is 5. The van der Waals surface area contributed by atoms with Gasteiger partial charge in [0, 0.05) is 10.0 Å². The van der Waals surface area contributed by atoms with Crippen molar-refractivity contribution in [1.82, 2.24) is 19.7 Å². The summed E-state index contributed by atoms with van der Waals surface area (Å²) in [4.78, 5) is 22.9. The first-order chi connectivity index (χ1) is 17.9. The van der Waals surface area contributed by atoms with Gasteiger partial charge in [-0.15, -0.1) is 0 Å². The molecule has 202 valence electrons. The first-order valence-electron chi connectivity index (χ1n) is 11.2. The van der Waals surface area contributed by atoms with Gasteiger partial charge in [0.1, 0.15) is 11.9 Å². The second-order valence-electron chi connectivity index (χ2n) is 8.93. The van der Waals surface area contributed by atoms with Crippen LogP contribution >= 0.6 is 27.5 Å². The van der Waals surface area contributed by atoms with Crippen molar-refractivity contribution in [3.8, 4) is 11.4 Å². The standard InChI is InChI=1S/C24H22BrClF4N6O2/c1-24(2,21(27)28)38-10-17(35-20(37)18(34-23(35)31)12-3-6-14(25)7-4-12)13-5-8-16(26)15(9-13)19-32-11-33-36(19)22(29)30/h3-9,11,17-18,21-22H,10H2,1-2H3,(H2,31,34). The van der Waals surface area contributed by atoms with Crippen LogP contribution in [0.1, 0.15) is 43.6 Å². The molecule has 0 saturated carbocycles. The lowest BCUT2D eigenvalue weighted by atomic mass is 10.0. The lowest BCUT2D eigenvalue weighted by molar-refractivity contribution is -0.140. The number of halogens is 6. The predicted molar refractivity (Wildman–Crippen MR) is 136 cm³/mol. The molecule has 2 aromatic carbocycles. The van der Waals surface area contributed by atoms with Gasteiger partial charge in [0.05, 0.1) is 17.7 Å². The summed E-state index contributed by atoms with van der Waals surface area (Å²) in [7, 11) is 0. The molecule has 2 atom stereocenters. The molecule has 2 heterocycles. The molecule has 0 saturated heterocycles. The number of alkyl halides is 4. The van der Waals surface area contributed by atoms with Gasteiger partial charge >= 0.3 is 6.55 Å². The van der Waals surface area contributed by atoms with Crippen LogP contribution in [0.3, 0.4) is 0 Å². The second kappa shape index (κ2) is 11.0. The maximum atomic E-state index is 13.6. The van der Waals surface area contributed by atoms with Crippen molar-refractivity contribution in [2.45, 2.75) is 44.5 Å². The van der Waals surface area contributed by atoms with Crippen molar-refractivity contribution in [1.29, 1.82) is 0 Å². The molecule has 4 rings (SSSR count). The Morgan fingerprint density at radius 3 is 2.47 bits per heavy atom. The summed E-state index contributed by atoms with van der Waals surface area (Å²) >= 11 is 9.64. The van der Waals surface area contributed by atoms with E-state index in [0.29, 0.717) is 15.8 Å². The zero-order valence-electron chi connectivity index (χ0n) is 20.0. The number of hydrogen-bond donors (Lipinski definition) is 1. The lowest BCUT2D eigenvalue weighted by Crippen LogP contribution is -2.44. The molecule has 0 aliphatic carbocycles. The number of guanidine groups is 1. The molecule has 1 aliphatic rings. The van der Waals surface area contributed by atoms with Gasteiger partial charge in [0.15, 0.2) is 17.8 Å². The first-order valence-corrected chi connectivity index (χ1v) is 12.4. The van der Waals surface area contributed by atoms with E-state index in [0.717, 1.165) is 15.7 Å². The molecule has 1 amide bonds. The summed E-state index contributed by atoms with van der Waals surface area (Å²) in [5.74, 6) is -0.888. The normalized spacial score (nSPS) is 17.0. The van der Waals surface area contributed by atoms with Gasteiger partial charge in [-0.1, -0.05) is 45.7 Å². The van der Waals surface area contributed by atoms with Crippen LogP contribution in [-0.2, 0) is 9.53 Å². The summed E-state index contributed by atoms with van der Waals surface area (Å²) in [5.41, 5.74) is 5.30. The van der Waals surface area contributed by atoms with Gasteiger partial charge < -0.3 is 10.5 Å². The molecule has 1 aliphatic heterocycles. The molecule has 0 bridgehead atoms. The number of carbonyl (C=O) groups is 1. The number of aromatic nitrogens is 3. The van der Waals surface area contributed by atoms with E-state index in [4.69, 9.17) is 22.1 Å². The number of nitrogens with two attached hydrogens (primary N) is 1. The Morgan fingerprint density at radius 2 is 1.84 bits per heavy atom. The summed E-state index contributed by atoms with van der Waals surface area (Å²) < 4.78 is 60.8. The molecule has 0 fully saturated rings. The topological polar surface area (TPSA) is 98.6 Å². The van der Waals surface area contributed by atoms with Gasteiger partial charge in [-0.05, 0) is 49.2 Å². The Kier molecular flexibility index (Phi) is 8.09. The zero-order chi connectivity index (χ0) is 27.8. The average molecular weight is 618 g/mol. The van der Waals surface area contributed by atoms with Gasteiger partial charge in [-0.3, -0.25) is 9.69 Å². The maximum absolute atomic E-state index is 13.6. The van der Waals surface area contributed by atoms with E-state index in [2.05, 4.69) is 31.0 Å². The molecular weight excluding hydrogens is 596 g/mol. The van der Waals surface area contributed by atoms with Gasteiger partial charge in [-0.25, -0.2) is 18.8 Å². The van der Waals surface area contributed by atoms with E-state index in [1.807, 2.05) is 0 Å². The molecular formula is C24H22BrClF4N6O2. The van der Waals surface area contributed by atoms with Crippen molar-refractivity contribution in [3.63, 3.8) is 0 Å². The fourth-order valence-corrected chi connectivity index (χ4v) is 4.32. The molecule has 2 unspecified atom stereocenters. The van der Waals surface area contributed by atoms with Crippen LogP contribution in [0.5, 0.6) is 0 Å². The van der Waals surface area contributed by atoms with Crippen LogP contribution in [0.4, 0.5) is 17.6 Å². The average Bonchev–Trinajstić information content (AvgIpc) is 3.46. The van der Waals surface area contributed by atoms with Crippen LogP contribution in [-0.4, -0.2) is 50.2 Å². The Morgan fingerprint density at radius 1 is 1.16 bits per heavy atom. The molecule has 38 heavy (non-hydrogen) atoms. The number of hydrogen-bond acceptors (Lipinski definition) is 6. The molecule has 8 nitrogen and oxygen atoms in total. The van der Waals surface area contributed by atoms with Crippen molar-refractivity contribution >= 4 is 39.4 Å². The zero-order valence-corrected chi connectivity index (χ0v) is 22.4. The van der Waals surface area contributed by atoms with Crippen LogP contribution < -0.4 is 5.73 Å². The molecule has 0 spiro atoms. The minimum atomic E-state index is -2.99. The third kappa shape index (κ3) is 5.54. The highest BCUT2D eigenvalue weighted by atomic mass is 79.9. The van der Waals surface area contributed by atoms with Gasteiger partial charge in [0.25, 0.3) is 12.3 Å². The Hall–Kier alpha value is -3.03. The van der Waals surface area contributed by atoms with Crippen molar-refractivity contribution in [3.05, 3.63) is 69.4 Å². The highest BCUT2D eigenvalue weighted by Crippen LogP contribution is 2.37. The van der Waals surface area contributed by atoms with Crippen molar-refractivity contribution in [2.24, 2.45) is 10.7 Å². The van der Waals surface area contributed by atoms with E-state index in [1.165, 1.54) is 32.0 Å². The van der Waals surface area contributed by atoms with Crippen LogP contribution in [0.25, 0.3) is 11.4 Å². The fraction of sp³-hybridized carbons (Fsp3) is 0.333. The predicted octanol–water partition coefficient (Wildman–Crippen LogP) is 5.76. The molecule has 1 aromatic heterocycles. The number of carbonyl (C=O) groups excluding carboxylic acids is 1. The molecule has 14 heteroatoms. The van der Waals surface area contributed by atoms with Crippen LogP contribution in [0.15, 0.2) is 58.3 Å². The molecule has 0 radical (unpaired) electrons. The summed E-state index contributed by atoms with van der Waals surface area (Å²) in [6, 6.07) is 9.23. The number of ether oxygens (including phenoxy) is 1.